The Morgan fingerprint density at radius 1 is 0.432 bits per heavy atom. The maximum absolute atomic E-state index is 9.77. The largest absolute Gasteiger partial charge is 0.247 e. The Bertz CT molecular complexity index is 2380. The molecule has 0 spiro atoms. The second kappa shape index (κ2) is 10.6. The van der Waals surface area contributed by atoms with Gasteiger partial charge in [-0.1, -0.05) is 121 Å². The van der Waals surface area contributed by atoms with E-state index >= 15 is 0 Å². The highest BCUT2D eigenvalue weighted by molar-refractivity contribution is 6.25. The van der Waals surface area contributed by atoms with E-state index < -0.39 is 0 Å². The van der Waals surface area contributed by atoms with E-state index in [0.29, 0.717) is 5.56 Å². The predicted molar refractivity (Wildman–Crippen MR) is 179 cm³/mol. The lowest BCUT2D eigenvalue weighted by Crippen LogP contribution is -2.00. The topological polar surface area (TPSA) is 62.5 Å². The van der Waals surface area contributed by atoms with Gasteiger partial charge in [-0.05, 0) is 35.4 Å². The number of pyridine rings is 1. The van der Waals surface area contributed by atoms with Gasteiger partial charge in [0.2, 0.25) is 0 Å². The van der Waals surface area contributed by atoms with Crippen molar-refractivity contribution in [3.63, 3.8) is 0 Å². The van der Waals surface area contributed by atoms with Gasteiger partial charge in [-0.15, -0.1) is 0 Å². The number of nitrogens with zero attached hydrogens (tertiary/aromatic N) is 4. The summed E-state index contributed by atoms with van der Waals surface area (Å²) in [6.07, 6.45) is 0. The van der Waals surface area contributed by atoms with Gasteiger partial charge in [0, 0.05) is 32.8 Å². The summed E-state index contributed by atoms with van der Waals surface area (Å²) < 4.78 is 0. The van der Waals surface area contributed by atoms with E-state index in [4.69, 9.17) is 15.0 Å². The minimum atomic E-state index is 0.580. The summed E-state index contributed by atoms with van der Waals surface area (Å²) in [5, 5.41) is 12.8. The first-order valence-corrected chi connectivity index (χ1v) is 14.5. The Kier molecular flexibility index (Phi) is 6.14. The average Bonchev–Trinajstić information content (AvgIpc) is 3.11. The maximum atomic E-state index is 9.77. The molecule has 0 saturated carbocycles. The summed E-state index contributed by atoms with van der Waals surface area (Å²) in [6, 6.07) is 51.2. The third-order valence-electron chi connectivity index (χ3n) is 8.05. The third-order valence-corrected chi connectivity index (χ3v) is 8.05. The fourth-order valence-electron chi connectivity index (χ4n) is 6.05. The van der Waals surface area contributed by atoms with Crippen molar-refractivity contribution in [1.82, 2.24) is 15.0 Å². The Morgan fingerprint density at radius 3 is 1.68 bits per heavy atom. The maximum Gasteiger partial charge on any atom is 0.0995 e. The highest BCUT2D eigenvalue weighted by Crippen LogP contribution is 2.43. The molecule has 2 aromatic heterocycles. The molecule has 204 valence electrons. The van der Waals surface area contributed by atoms with Crippen LogP contribution in [-0.2, 0) is 0 Å². The van der Waals surface area contributed by atoms with Crippen molar-refractivity contribution in [1.29, 1.82) is 5.26 Å². The Labute approximate surface area is 254 Å². The van der Waals surface area contributed by atoms with Crippen LogP contribution in [0.1, 0.15) is 5.56 Å². The zero-order valence-corrected chi connectivity index (χ0v) is 23.6. The number of fused-ring (bicyclic) bond motifs is 5. The van der Waals surface area contributed by atoms with Gasteiger partial charge in [-0.2, -0.15) is 5.26 Å². The zero-order valence-electron chi connectivity index (χ0n) is 23.6. The van der Waals surface area contributed by atoms with Gasteiger partial charge in [-0.25, -0.2) is 15.0 Å². The van der Waals surface area contributed by atoms with Crippen molar-refractivity contribution in [3.05, 3.63) is 151 Å². The van der Waals surface area contributed by atoms with Crippen molar-refractivity contribution in [2.45, 2.75) is 0 Å². The summed E-state index contributed by atoms with van der Waals surface area (Å²) in [5.41, 5.74) is 10.4. The van der Waals surface area contributed by atoms with E-state index in [1.165, 1.54) is 0 Å². The van der Waals surface area contributed by atoms with Crippen molar-refractivity contribution in [3.8, 4) is 51.0 Å². The van der Waals surface area contributed by atoms with Crippen LogP contribution in [0.15, 0.2) is 146 Å². The lowest BCUT2D eigenvalue weighted by molar-refractivity contribution is 1.30. The molecule has 0 fully saturated rings. The summed E-state index contributed by atoms with van der Waals surface area (Å²) in [6.45, 7) is 0. The van der Waals surface area contributed by atoms with Crippen LogP contribution in [0, 0.1) is 11.3 Å². The summed E-state index contributed by atoms with van der Waals surface area (Å²) in [5.74, 6) is 0. The molecular weight excluding hydrogens is 536 g/mol. The molecule has 0 unspecified atom stereocenters. The number of nitriles is 1. The summed E-state index contributed by atoms with van der Waals surface area (Å²) in [4.78, 5) is 16.1. The highest BCUT2D eigenvalue weighted by atomic mass is 14.8. The van der Waals surface area contributed by atoms with Crippen LogP contribution in [0.4, 0.5) is 0 Å². The van der Waals surface area contributed by atoms with Crippen LogP contribution in [0.3, 0.4) is 0 Å². The van der Waals surface area contributed by atoms with Gasteiger partial charge in [0.05, 0.1) is 45.3 Å². The van der Waals surface area contributed by atoms with Crippen LogP contribution < -0.4 is 0 Å². The minimum absolute atomic E-state index is 0.580. The molecule has 6 aromatic carbocycles. The molecule has 4 nitrogen and oxygen atoms in total. The van der Waals surface area contributed by atoms with Crippen molar-refractivity contribution in [2.75, 3.05) is 0 Å². The van der Waals surface area contributed by atoms with E-state index in [9.17, 15) is 5.26 Å². The number of benzene rings is 6. The Morgan fingerprint density at radius 2 is 1.00 bits per heavy atom. The SMILES string of the molecule is N#Cc1cccc(-c2nc3ccccc3c3c(-c4ccccc4)cc4nc(-c5ccccc5)c(-c5ccccc5)nc4c23)c1. The van der Waals surface area contributed by atoms with Gasteiger partial charge in [-0.3, -0.25) is 0 Å². The first-order chi connectivity index (χ1) is 21.8. The molecule has 0 saturated heterocycles. The normalized spacial score (nSPS) is 11.2. The molecule has 0 atom stereocenters. The molecule has 0 amide bonds. The molecule has 0 N–H and O–H groups in total. The van der Waals surface area contributed by atoms with Gasteiger partial charge in [0.1, 0.15) is 0 Å². The quantitative estimate of drug-likeness (QED) is 0.201. The Hall–Kier alpha value is -6.18. The first-order valence-electron chi connectivity index (χ1n) is 14.5. The van der Waals surface area contributed by atoms with Gasteiger partial charge < -0.3 is 0 Å². The smallest absolute Gasteiger partial charge is 0.0995 e. The Balaban J connectivity index is 1.61. The molecule has 8 aromatic rings. The van der Waals surface area contributed by atoms with E-state index in [-0.39, 0.29) is 0 Å². The van der Waals surface area contributed by atoms with Crippen LogP contribution in [0.25, 0.3) is 77.6 Å². The molecule has 44 heavy (non-hydrogen) atoms. The molecular formula is C40H24N4. The molecule has 4 heteroatoms. The average molecular weight is 561 g/mol. The molecule has 0 aliphatic rings. The van der Waals surface area contributed by atoms with Crippen LogP contribution in [0.5, 0.6) is 0 Å². The zero-order chi connectivity index (χ0) is 29.5. The second-order valence-electron chi connectivity index (χ2n) is 10.7. The number of rotatable bonds is 4. The van der Waals surface area contributed by atoms with Gasteiger partial charge in [0.15, 0.2) is 0 Å². The van der Waals surface area contributed by atoms with Crippen LogP contribution in [0.2, 0.25) is 0 Å². The number of hydrogen-bond acceptors (Lipinski definition) is 4. The first kappa shape index (κ1) is 25.5. The van der Waals surface area contributed by atoms with E-state index in [1.807, 2.05) is 78.9 Å². The van der Waals surface area contributed by atoms with E-state index in [1.54, 1.807) is 0 Å². The second-order valence-corrected chi connectivity index (χ2v) is 10.7. The van der Waals surface area contributed by atoms with Gasteiger partial charge in [0.25, 0.3) is 0 Å². The number of para-hydroxylation sites is 1. The fourth-order valence-corrected chi connectivity index (χ4v) is 6.05. The summed E-state index contributed by atoms with van der Waals surface area (Å²) in [7, 11) is 0. The summed E-state index contributed by atoms with van der Waals surface area (Å²) >= 11 is 0. The number of aromatic nitrogens is 3. The molecule has 0 radical (unpaired) electrons. The fraction of sp³-hybridized carbons (Fsp3) is 0. The third kappa shape index (κ3) is 4.27. The lowest BCUT2D eigenvalue weighted by Gasteiger charge is -2.18. The molecule has 2 heterocycles. The van der Waals surface area contributed by atoms with Gasteiger partial charge >= 0.3 is 0 Å². The minimum Gasteiger partial charge on any atom is -0.247 e. The monoisotopic (exact) mass is 560 g/mol. The predicted octanol–water partition coefficient (Wildman–Crippen LogP) is 9.87. The highest BCUT2D eigenvalue weighted by Gasteiger charge is 2.22. The van der Waals surface area contributed by atoms with Crippen LogP contribution in [-0.4, -0.2) is 15.0 Å². The van der Waals surface area contributed by atoms with E-state index in [0.717, 1.165) is 77.6 Å². The van der Waals surface area contributed by atoms with Crippen LogP contribution >= 0.6 is 0 Å². The molecule has 8 rings (SSSR count). The molecule has 0 aliphatic heterocycles. The molecule has 0 aliphatic carbocycles. The number of hydrogen-bond donors (Lipinski definition) is 0. The van der Waals surface area contributed by atoms with Crippen molar-refractivity contribution in [2.24, 2.45) is 0 Å². The van der Waals surface area contributed by atoms with Crippen molar-refractivity contribution >= 4 is 32.7 Å². The standard InChI is InChI=1S/C40H24N4/c41-25-26-13-12-20-30(23-26)37-36-35(31-21-10-11-22-33(31)42-37)32(27-14-4-1-5-15-27)24-34-40(36)44-39(29-18-8-3-9-19-29)38(43-34)28-16-6-2-7-17-28/h1-24H. The van der Waals surface area contributed by atoms with Crippen molar-refractivity contribution < 1.29 is 0 Å². The molecule has 0 bridgehead atoms. The van der Waals surface area contributed by atoms with E-state index in [2.05, 4.69) is 72.8 Å². The lowest BCUT2D eigenvalue weighted by atomic mass is 9.91.